The van der Waals surface area contributed by atoms with Crippen LogP contribution in [0, 0.1) is 5.92 Å². The summed E-state index contributed by atoms with van der Waals surface area (Å²) in [6.45, 7) is 4.35. The minimum atomic E-state index is -0.668. The molecule has 7 nitrogen and oxygen atoms in total. The van der Waals surface area contributed by atoms with Crippen molar-refractivity contribution in [2.45, 2.75) is 33.1 Å². The van der Waals surface area contributed by atoms with Gasteiger partial charge in [0.15, 0.2) is 6.61 Å². The predicted octanol–water partition coefficient (Wildman–Crippen LogP) is -0.0421. The van der Waals surface area contributed by atoms with Gasteiger partial charge in [-0.15, -0.1) is 0 Å². The number of amides is 2. The van der Waals surface area contributed by atoms with Crippen LogP contribution >= 0.6 is 0 Å². The standard InChI is InChI=1S/C12H19N3O4/c1-8(2)5-6-13-11(17)7-19-12(18)9-3-4-10(16)15-14-9/h8H,3-7H2,1-2H3,(H,13,17)(H,15,16). The third-order valence-electron chi connectivity index (χ3n) is 2.52. The Kier molecular flexibility index (Phi) is 5.98. The van der Waals surface area contributed by atoms with E-state index < -0.39 is 5.97 Å². The molecule has 0 aromatic carbocycles. The summed E-state index contributed by atoms with van der Waals surface area (Å²) in [5.41, 5.74) is 2.33. The smallest absolute Gasteiger partial charge is 0.355 e. The molecule has 1 aliphatic heterocycles. The van der Waals surface area contributed by atoms with Crippen molar-refractivity contribution in [2.75, 3.05) is 13.2 Å². The molecular formula is C12H19N3O4. The second-order valence-electron chi connectivity index (χ2n) is 4.70. The Hall–Kier alpha value is -1.92. The lowest BCUT2D eigenvalue weighted by atomic mass is 10.1. The van der Waals surface area contributed by atoms with Crippen LogP contribution in [0.1, 0.15) is 33.1 Å². The molecule has 0 atom stereocenters. The predicted molar refractivity (Wildman–Crippen MR) is 68.2 cm³/mol. The number of nitrogens with one attached hydrogen (secondary N) is 2. The lowest BCUT2D eigenvalue weighted by Crippen LogP contribution is -2.34. The van der Waals surface area contributed by atoms with Gasteiger partial charge >= 0.3 is 5.97 Å². The Morgan fingerprint density at radius 2 is 2.16 bits per heavy atom. The molecule has 1 aliphatic rings. The van der Waals surface area contributed by atoms with E-state index >= 15 is 0 Å². The quantitative estimate of drug-likeness (QED) is 0.661. The summed E-state index contributed by atoms with van der Waals surface area (Å²) in [5.74, 6) is -0.737. The first kappa shape index (κ1) is 15.1. The van der Waals surface area contributed by atoms with Crippen molar-refractivity contribution in [1.29, 1.82) is 0 Å². The van der Waals surface area contributed by atoms with Crippen molar-refractivity contribution in [2.24, 2.45) is 11.0 Å². The van der Waals surface area contributed by atoms with Crippen LogP contribution in [-0.2, 0) is 19.1 Å². The molecule has 7 heteroatoms. The first-order chi connectivity index (χ1) is 8.99. The number of hydrogen-bond acceptors (Lipinski definition) is 5. The molecule has 19 heavy (non-hydrogen) atoms. The maximum atomic E-state index is 11.5. The summed E-state index contributed by atoms with van der Waals surface area (Å²) in [6.07, 6.45) is 1.31. The normalized spacial score (nSPS) is 14.7. The van der Waals surface area contributed by atoms with E-state index in [0.29, 0.717) is 12.5 Å². The highest BCUT2D eigenvalue weighted by Crippen LogP contribution is 2.01. The maximum absolute atomic E-state index is 11.5. The van der Waals surface area contributed by atoms with Crippen LogP contribution in [0.5, 0.6) is 0 Å². The number of ether oxygens (including phenoxy) is 1. The van der Waals surface area contributed by atoms with E-state index in [-0.39, 0.29) is 37.0 Å². The van der Waals surface area contributed by atoms with Crippen LogP contribution < -0.4 is 10.7 Å². The van der Waals surface area contributed by atoms with Crippen LogP contribution in [-0.4, -0.2) is 36.6 Å². The van der Waals surface area contributed by atoms with Gasteiger partial charge in [-0.25, -0.2) is 10.2 Å². The maximum Gasteiger partial charge on any atom is 0.355 e. The Morgan fingerprint density at radius 1 is 1.42 bits per heavy atom. The number of esters is 1. The molecule has 0 fully saturated rings. The molecule has 2 N–H and O–H groups in total. The lowest BCUT2D eigenvalue weighted by molar-refractivity contribution is -0.142. The molecule has 1 rings (SSSR count). The van der Waals surface area contributed by atoms with Gasteiger partial charge in [0.05, 0.1) is 0 Å². The summed E-state index contributed by atoms with van der Waals surface area (Å²) in [5, 5.41) is 6.24. The first-order valence-corrected chi connectivity index (χ1v) is 6.28. The largest absolute Gasteiger partial charge is 0.451 e. The van der Waals surface area contributed by atoms with Crippen molar-refractivity contribution >= 4 is 23.5 Å². The van der Waals surface area contributed by atoms with E-state index in [0.717, 1.165) is 6.42 Å². The SMILES string of the molecule is CC(C)CCNC(=O)COC(=O)C1=NNC(=O)CC1. The molecule has 0 aromatic heterocycles. The van der Waals surface area contributed by atoms with E-state index in [1.54, 1.807) is 0 Å². The van der Waals surface area contributed by atoms with Crippen molar-refractivity contribution < 1.29 is 19.1 Å². The highest BCUT2D eigenvalue weighted by molar-refractivity contribution is 6.37. The molecule has 0 aliphatic carbocycles. The number of nitrogens with zero attached hydrogens (tertiary/aromatic N) is 1. The second kappa shape index (κ2) is 7.50. The number of carbonyl (C=O) groups is 3. The fourth-order valence-corrected chi connectivity index (χ4v) is 1.39. The van der Waals surface area contributed by atoms with Crippen molar-refractivity contribution in [3.63, 3.8) is 0 Å². The summed E-state index contributed by atoms with van der Waals surface area (Å²) in [7, 11) is 0. The molecule has 0 saturated heterocycles. The van der Waals surface area contributed by atoms with Gasteiger partial charge < -0.3 is 10.1 Å². The van der Waals surface area contributed by atoms with Gasteiger partial charge in [-0.1, -0.05) is 13.8 Å². The van der Waals surface area contributed by atoms with E-state index in [4.69, 9.17) is 4.74 Å². The summed E-state index contributed by atoms with van der Waals surface area (Å²) >= 11 is 0. The molecule has 2 amide bonds. The minimum absolute atomic E-state index is 0.134. The van der Waals surface area contributed by atoms with Crippen molar-refractivity contribution in [3.8, 4) is 0 Å². The Bertz CT molecular complexity index is 390. The summed E-state index contributed by atoms with van der Waals surface area (Å²) in [4.78, 5) is 33.7. The third kappa shape index (κ3) is 5.98. The van der Waals surface area contributed by atoms with Crippen molar-refractivity contribution in [1.82, 2.24) is 10.7 Å². The third-order valence-corrected chi connectivity index (χ3v) is 2.52. The molecule has 0 unspecified atom stereocenters. The molecule has 0 aromatic rings. The molecular weight excluding hydrogens is 250 g/mol. The van der Waals surface area contributed by atoms with Gasteiger partial charge in [0, 0.05) is 19.4 Å². The van der Waals surface area contributed by atoms with Crippen LogP contribution in [0.2, 0.25) is 0 Å². The fourth-order valence-electron chi connectivity index (χ4n) is 1.39. The van der Waals surface area contributed by atoms with Crippen LogP contribution in [0.3, 0.4) is 0 Å². The number of carbonyl (C=O) groups excluding carboxylic acids is 3. The molecule has 0 saturated carbocycles. The Labute approximate surface area is 111 Å². The zero-order chi connectivity index (χ0) is 14.3. The van der Waals surface area contributed by atoms with Crippen LogP contribution in [0.25, 0.3) is 0 Å². The second-order valence-corrected chi connectivity index (χ2v) is 4.70. The number of hydrogen-bond donors (Lipinski definition) is 2. The first-order valence-electron chi connectivity index (χ1n) is 6.28. The fraction of sp³-hybridized carbons (Fsp3) is 0.667. The van der Waals surface area contributed by atoms with Crippen molar-refractivity contribution in [3.05, 3.63) is 0 Å². The van der Waals surface area contributed by atoms with Gasteiger partial charge in [0.25, 0.3) is 5.91 Å². The highest BCUT2D eigenvalue weighted by Gasteiger charge is 2.20. The molecule has 106 valence electrons. The lowest BCUT2D eigenvalue weighted by Gasteiger charge is -2.11. The molecule has 0 bridgehead atoms. The van der Waals surface area contributed by atoms with Crippen LogP contribution in [0.15, 0.2) is 5.10 Å². The number of rotatable bonds is 6. The average molecular weight is 269 g/mol. The monoisotopic (exact) mass is 269 g/mol. The van der Waals surface area contributed by atoms with E-state index in [9.17, 15) is 14.4 Å². The summed E-state index contributed by atoms with van der Waals surface area (Å²) in [6, 6.07) is 0. The van der Waals surface area contributed by atoms with Crippen LogP contribution in [0.4, 0.5) is 0 Å². The van der Waals surface area contributed by atoms with Gasteiger partial charge in [0.2, 0.25) is 5.91 Å². The highest BCUT2D eigenvalue weighted by atomic mass is 16.5. The van der Waals surface area contributed by atoms with Gasteiger partial charge in [0.1, 0.15) is 5.71 Å². The molecule has 1 heterocycles. The van der Waals surface area contributed by atoms with E-state index in [2.05, 4.69) is 29.7 Å². The minimum Gasteiger partial charge on any atom is -0.451 e. The zero-order valence-corrected chi connectivity index (χ0v) is 11.2. The number of hydrazone groups is 1. The van der Waals surface area contributed by atoms with E-state index in [1.807, 2.05) is 0 Å². The average Bonchev–Trinajstić information content (AvgIpc) is 2.36. The van der Waals surface area contributed by atoms with Gasteiger partial charge in [-0.3, -0.25) is 9.59 Å². The Balaban J connectivity index is 2.23. The van der Waals surface area contributed by atoms with Gasteiger partial charge in [-0.2, -0.15) is 5.10 Å². The zero-order valence-electron chi connectivity index (χ0n) is 11.2. The summed E-state index contributed by atoms with van der Waals surface area (Å²) < 4.78 is 4.80. The molecule has 0 radical (unpaired) electrons. The van der Waals surface area contributed by atoms with Gasteiger partial charge in [-0.05, 0) is 12.3 Å². The topological polar surface area (TPSA) is 96.9 Å². The Morgan fingerprint density at radius 3 is 2.74 bits per heavy atom. The molecule has 0 spiro atoms. The van der Waals surface area contributed by atoms with E-state index in [1.165, 1.54) is 0 Å².